The summed E-state index contributed by atoms with van der Waals surface area (Å²) in [6, 6.07) is 0. The van der Waals surface area contributed by atoms with Crippen molar-refractivity contribution in [2.45, 2.75) is 13.3 Å². The third kappa shape index (κ3) is 1.19. The Kier molecular flexibility index (Phi) is 1.84. The molecule has 0 aromatic rings. The molecular formula is C7H9N. The lowest BCUT2D eigenvalue weighted by molar-refractivity contribution is 0.708. The van der Waals surface area contributed by atoms with Crippen molar-refractivity contribution >= 4 is 6.21 Å². The van der Waals surface area contributed by atoms with Crippen molar-refractivity contribution in [1.82, 2.24) is 0 Å². The van der Waals surface area contributed by atoms with Crippen molar-refractivity contribution in [2.24, 2.45) is 10.9 Å². The molecule has 0 amide bonds. The number of nitrogens with zero attached hydrogens (tertiary/aromatic N) is 1. The van der Waals surface area contributed by atoms with Gasteiger partial charge in [0.15, 0.2) is 0 Å². The first-order valence-corrected chi connectivity index (χ1v) is 2.89. The van der Waals surface area contributed by atoms with Gasteiger partial charge in [-0.15, -0.1) is 0 Å². The third-order valence-electron chi connectivity index (χ3n) is 1.18. The summed E-state index contributed by atoms with van der Waals surface area (Å²) in [5, 5.41) is 0. The Morgan fingerprint density at radius 2 is 2.62 bits per heavy atom. The predicted octanol–water partition coefficient (Wildman–Crippen LogP) is 1.69. The van der Waals surface area contributed by atoms with Crippen molar-refractivity contribution < 1.29 is 0 Å². The minimum absolute atomic E-state index is 0.458. The highest BCUT2D eigenvalue weighted by atomic mass is 14.7. The second-order valence-corrected chi connectivity index (χ2v) is 1.81. The normalized spacial score (nSPS) is 26.4. The molecule has 0 spiro atoms. The maximum absolute atomic E-state index is 3.87. The average molecular weight is 107 g/mol. The number of aliphatic imine (C=N–C) groups is 1. The molecule has 1 nitrogen and oxygen atoms in total. The zero-order valence-corrected chi connectivity index (χ0v) is 4.96. The first kappa shape index (κ1) is 5.54. The maximum Gasteiger partial charge on any atom is 0.123 e. The molecule has 0 fully saturated rings. The molecule has 0 aliphatic carbocycles. The van der Waals surface area contributed by atoms with E-state index in [0.29, 0.717) is 5.92 Å². The molecule has 1 aliphatic heterocycles. The number of allylic oxidation sites excluding steroid dienone is 1. The van der Waals surface area contributed by atoms with E-state index in [0.717, 1.165) is 6.42 Å². The Labute approximate surface area is 50.1 Å². The molecule has 0 saturated heterocycles. The molecule has 1 aliphatic rings. The third-order valence-corrected chi connectivity index (χ3v) is 1.18. The summed E-state index contributed by atoms with van der Waals surface area (Å²) < 4.78 is 0. The van der Waals surface area contributed by atoms with Crippen LogP contribution in [-0.4, -0.2) is 6.21 Å². The summed E-state index contributed by atoms with van der Waals surface area (Å²) in [5.74, 6) is 0.458. The number of hydrogen-bond acceptors (Lipinski definition) is 1. The highest BCUT2D eigenvalue weighted by Crippen LogP contribution is 2.10. The minimum Gasteiger partial charge on any atom is -0.281 e. The van der Waals surface area contributed by atoms with Crippen LogP contribution in [0.25, 0.3) is 0 Å². The van der Waals surface area contributed by atoms with Crippen LogP contribution in [0.2, 0.25) is 0 Å². The second kappa shape index (κ2) is 2.65. The SMILES string of the molecule is CCC1[C]N=CC=C1. The lowest BCUT2D eigenvalue weighted by Crippen LogP contribution is -1.96. The molecule has 0 aromatic heterocycles. The summed E-state index contributed by atoms with van der Waals surface area (Å²) in [6.45, 7) is 5.08. The van der Waals surface area contributed by atoms with E-state index in [9.17, 15) is 0 Å². The minimum atomic E-state index is 0.458. The van der Waals surface area contributed by atoms with E-state index >= 15 is 0 Å². The standard InChI is InChI=1S/C7H9N/c1-2-7-4-3-5-8-6-7/h3-5,7H,2H2,1H3. The Balaban J connectivity index is 2.40. The van der Waals surface area contributed by atoms with Crippen LogP contribution in [0, 0.1) is 12.5 Å². The fraction of sp³-hybridized carbons (Fsp3) is 0.429. The summed E-state index contributed by atoms with van der Waals surface area (Å²) in [4.78, 5) is 3.87. The molecule has 1 heterocycles. The van der Waals surface area contributed by atoms with Crippen LogP contribution in [0.5, 0.6) is 0 Å². The van der Waals surface area contributed by atoms with Crippen LogP contribution in [0.15, 0.2) is 17.1 Å². The van der Waals surface area contributed by atoms with Crippen molar-refractivity contribution in [2.75, 3.05) is 0 Å². The fourth-order valence-electron chi connectivity index (χ4n) is 0.636. The molecule has 0 saturated carbocycles. The molecule has 8 heavy (non-hydrogen) atoms. The summed E-state index contributed by atoms with van der Waals surface area (Å²) in [5.41, 5.74) is 0. The molecule has 1 atom stereocenters. The molecule has 1 heteroatoms. The summed E-state index contributed by atoms with van der Waals surface area (Å²) >= 11 is 0. The highest BCUT2D eigenvalue weighted by Gasteiger charge is 2.01. The average Bonchev–Trinajstić information content (AvgIpc) is 1.90. The van der Waals surface area contributed by atoms with E-state index in [1.165, 1.54) is 0 Å². The second-order valence-electron chi connectivity index (χ2n) is 1.81. The van der Waals surface area contributed by atoms with Crippen molar-refractivity contribution in [3.05, 3.63) is 18.7 Å². The van der Waals surface area contributed by atoms with Crippen LogP contribution < -0.4 is 0 Å². The lowest BCUT2D eigenvalue weighted by atomic mass is 10.1. The maximum atomic E-state index is 3.87. The topological polar surface area (TPSA) is 12.4 Å². The van der Waals surface area contributed by atoms with Gasteiger partial charge < -0.3 is 0 Å². The number of hydrogen-bond donors (Lipinski definition) is 0. The van der Waals surface area contributed by atoms with Gasteiger partial charge in [0.2, 0.25) is 0 Å². The predicted molar refractivity (Wildman–Crippen MR) is 34.7 cm³/mol. The van der Waals surface area contributed by atoms with Crippen LogP contribution >= 0.6 is 0 Å². The van der Waals surface area contributed by atoms with Crippen LogP contribution in [0.4, 0.5) is 0 Å². The van der Waals surface area contributed by atoms with Gasteiger partial charge in [-0.2, -0.15) is 0 Å². The first-order chi connectivity index (χ1) is 3.93. The van der Waals surface area contributed by atoms with Gasteiger partial charge in [-0.3, -0.25) is 4.99 Å². The molecule has 0 N–H and O–H groups in total. The van der Waals surface area contributed by atoms with Crippen molar-refractivity contribution in [3.8, 4) is 0 Å². The van der Waals surface area contributed by atoms with E-state index in [-0.39, 0.29) is 0 Å². The molecule has 42 valence electrons. The van der Waals surface area contributed by atoms with Gasteiger partial charge in [-0.05, 0) is 12.5 Å². The summed E-state index contributed by atoms with van der Waals surface area (Å²) in [6.07, 6.45) is 6.93. The highest BCUT2D eigenvalue weighted by molar-refractivity contribution is 5.72. The van der Waals surface area contributed by atoms with Gasteiger partial charge in [0.25, 0.3) is 0 Å². The zero-order valence-electron chi connectivity index (χ0n) is 4.96. The lowest BCUT2D eigenvalue weighted by Gasteiger charge is -2.05. The first-order valence-electron chi connectivity index (χ1n) is 2.89. The van der Waals surface area contributed by atoms with E-state index in [1.54, 1.807) is 6.21 Å². The van der Waals surface area contributed by atoms with Gasteiger partial charge >= 0.3 is 0 Å². The Morgan fingerprint density at radius 3 is 3.00 bits per heavy atom. The molecule has 0 bridgehead atoms. The number of dihydropyridines is 1. The van der Waals surface area contributed by atoms with E-state index < -0.39 is 0 Å². The van der Waals surface area contributed by atoms with E-state index in [4.69, 9.17) is 0 Å². The van der Waals surface area contributed by atoms with E-state index in [2.05, 4.69) is 24.5 Å². The monoisotopic (exact) mass is 107 g/mol. The van der Waals surface area contributed by atoms with Gasteiger partial charge in [-0.1, -0.05) is 13.0 Å². The van der Waals surface area contributed by atoms with E-state index in [1.807, 2.05) is 6.08 Å². The molecule has 1 unspecified atom stereocenters. The van der Waals surface area contributed by atoms with Gasteiger partial charge in [0.05, 0.1) is 0 Å². The number of rotatable bonds is 1. The quantitative estimate of drug-likeness (QED) is 0.483. The summed E-state index contributed by atoms with van der Waals surface area (Å²) in [7, 11) is 0. The Morgan fingerprint density at radius 1 is 1.75 bits per heavy atom. The largest absolute Gasteiger partial charge is 0.281 e. The fourth-order valence-corrected chi connectivity index (χ4v) is 0.636. The molecule has 0 aromatic carbocycles. The van der Waals surface area contributed by atoms with Crippen LogP contribution in [0.1, 0.15) is 13.3 Å². The zero-order chi connectivity index (χ0) is 5.82. The molecule has 1 rings (SSSR count). The smallest absolute Gasteiger partial charge is 0.123 e. The van der Waals surface area contributed by atoms with Crippen LogP contribution in [-0.2, 0) is 0 Å². The van der Waals surface area contributed by atoms with Crippen LogP contribution in [0.3, 0.4) is 0 Å². The van der Waals surface area contributed by atoms with Crippen molar-refractivity contribution in [3.63, 3.8) is 0 Å². The Bertz CT molecular complexity index is 114. The van der Waals surface area contributed by atoms with Gasteiger partial charge in [-0.25, -0.2) is 0 Å². The van der Waals surface area contributed by atoms with Gasteiger partial charge in [0.1, 0.15) is 6.54 Å². The molecular weight excluding hydrogens is 98.1 g/mol. The van der Waals surface area contributed by atoms with Crippen molar-refractivity contribution in [1.29, 1.82) is 0 Å². The molecule has 2 radical (unpaired) electrons. The van der Waals surface area contributed by atoms with Gasteiger partial charge in [0, 0.05) is 12.1 Å². The Hall–Kier alpha value is -0.590.